The van der Waals surface area contributed by atoms with Crippen molar-refractivity contribution < 1.29 is 5.11 Å². The molecule has 1 aliphatic carbocycles. The Morgan fingerprint density at radius 2 is 2.38 bits per heavy atom. The number of hydrogen-bond donors (Lipinski definition) is 3. The number of aliphatic hydroxyl groups excluding tert-OH is 1. The number of aliphatic hydroxyl groups is 1. The first kappa shape index (κ1) is 11.1. The van der Waals surface area contributed by atoms with E-state index in [-0.39, 0.29) is 6.10 Å². The number of rotatable bonds is 4. The SMILES string of the molecule is CNc1nccc(NCC2CCCC2O)n1. The van der Waals surface area contributed by atoms with Gasteiger partial charge in [-0.2, -0.15) is 4.98 Å². The van der Waals surface area contributed by atoms with Crippen LogP contribution in [0.1, 0.15) is 19.3 Å². The summed E-state index contributed by atoms with van der Waals surface area (Å²) in [6, 6.07) is 1.84. The van der Waals surface area contributed by atoms with E-state index in [2.05, 4.69) is 20.6 Å². The molecule has 16 heavy (non-hydrogen) atoms. The van der Waals surface area contributed by atoms with Crippen LogP contribution in [0, 0.1) is 5.92 Å². The van der Waals surface area contributed by atoms with Crippen LogP contribution < -0.4 is 10.6 Å². The second-order valence-electron chi connectivity index (χ2n) is 4.15. The van der Waals surface area contributed by atoms with Gasteiger partial charge < -0.3 is 15.7 Å². The van der Waals surface area contributed by atoms with Crippen LogP contribution in [0.3, 0.4) is 0 Å². The first-order chi connectivity index (χ1) is 7.79. The van der Waals surface area contributed by atoms with Gasteiger partial charge in [0.1, 0.15) is 5.82 Å². The van der Waals surface area contributed by atoms with Crippen LogP contribution in [0.4, 0.5) is 11.8 Å². The van der Waals surface area contributed by atoms with Gasteiger partial charge >= 0.3 is 0 Å². The van der Waals surface area contributed by atoms with Gasteiger partial charge in [0.05, 0.1) is 6.10 Å². The molecule has 3 N–H and O–H groups in total. The molecule has 0 aliphatic heterocycles. The molecule has 1 aliphatic rings. The van der Waals surface area contributed by atoms with E-state index in [0.717, 1.165) is 31.6 Å². The van der Waals surface area contributed by atoms with E-state index in [9.17, 15) is 5.11 Å². The van der Waals surface area contributed by atoms with Crippen LogP contribution in [0.15, 0.2) is 12.3 Å². The molecule has 0 radical (unpaired) electrons. The van der Waals surface area contributed by atoms with Gasteiger partial charge in [-0.25, -0.2) is 4.98 Å². The molecule has 1 saturated carbocycles. The van der Waals surface area contributed by atoms with Crippen molar-refractivity contribution in [3.05, 3.63) is 12.3 Å². The third-order valence-corrected chi connectivity index (χ3v) is 3.04. The molecule has 1 heterocycles. The van der Waals surface area contributed by atoms with Crippen LogP contribution in [0.2, 0.25) is 0 Å². The standard InChI is InChI=1S/C11H18N4O/c1-12-11-13-6-5-10(15-11)14-7-8-3-2-4-9(8)16/h5-6,8-9,16H,2-4,7H2,1H3,(H2,12,13,14,15). The zero-order chi connectivity index (χ0) is 11.4. The van der Waals surface area contributed by atoms with Crippen LogP contribution in [0.25, 0.3) is 0 Å². The molecule has 2 atom stereocenters. The second-order valence-corrected chi connectivity index (χ2v) is 4.15. The van der Waals surface area contributed by atoms with Gasteiger partial charge in [0, 0.05) is 25.7 Å². The van der Waals surface area contributed by atoms with Crippen molar-refractivity contribution >= 4 is 11.8 Å². The lowest BCUT2D eigenvalue weighted by molar-refractivity contribution is 0.138. The monoisotopic (exact) mass is 222 g/mol. The van der Waals surface area contributed by atoms with Crippen molar-refractivity contribution in [2.24, 2.45) is 5.92 Å². The average molecular weight is 222 g/mol. The summed E-state index contributed by atoms with van der Waals surface area (Å²) in [7, 11) is 1.79. The van der Waals surface area contributed by atoms with Gasteiger partial charge in [-0.05, 0) is 18.9 Å². The fourth-order valence-electron chi connectivity index (χ4n) is 2.07. The average Bonchev–Trinajstić information content (AvgIpc) is 2.72. The molecule has 1 fully saturated rings. The minimum absolute atomic E-state index is 0.155. The van der Waals surface area contributed by atoms with E-state index in [1.165, 1.54) is 0 Å². The molecule has 0 aromatic carbocycles. The van der Waals surface area contributed by atoms with Gasteiger partial charge in [0.2, 0.25) is 5.95 Å². The molecule has 88 valence electrons. The third kappa shape index (κ3) is 2.61. The molecule has 0 bridgehead atoms. The molecule has 0 spiro atoms. The summed E-state index contributed by atoms with van der Waals surface area (Å²) in [5.41, 5.74) is 0. The van der Waals surface area contributed by atoms with Crippen molar-refractivity contribution in [2.45, 2.75) is 25.4 Å². The molecule has 1 aromatic rings. The van der Waals surface area contributed by atoms with Gasteiger partial charge in [-0.3, -0.25) is 0 Å². The van der Waals surface area contributed by atoms with Crippen LogP contribution in [-0.4, -0.2) is 34.8 Å². The Morgan fingerprint density at radius 3 is 3.06 bits per heavy atom. The number of hydrogen-bond acceptors (Lipinski definition) is 5. The molecule has 1 aromatic heterocycles. The molecule has 0 saturated heterocycles. The number of anilines is 2. The molecular formula is C11H18N4O. The second kappa shape index (κ2) is 5.12. The fraction of sp³-hybridized carbons (Fsp3) is 0.636. The van der Waals surface area contributed by atoms with E-state index >= 15 is 0 Å². The van der Waals surface area contributed by atoms with Crippen LogP contribution in [-0.2, 0) is 0 Å². The molecule has 2 rings (SSSR count). The fourth-order valence-corrected chi connectivity index (χ4v) is 2.07. The Balaban J connectivity index is 1.88. The zero-order valence-corrected chi connectivity index (χ0v) is 9.48. The van der Waals surface area contributed by atoms with E-state index in [0.29, 0.717) is 11.9 Å². The summed E-state index contributed by atoms with van der Waals surface area (Å²) in [5.74, 6) is 1.77. The Kier molecular flexibility index (Phi) is 3.56. The Labute approximate surface area is 95.3 Å². The molecule has 2 unspecified atom stereocenters. The van der Waals surface area contributed by atoms with Crippen LogP contribution in [0.5, 0.6) is 0 Å². The predicted octanol–water partition coefficient (Wildman–Crippen LogP) is 1.09. The van der Waals surface area contributed by atoms with Crippen molar-refractivity contribution in [3.63, 3.8) is 0 Å². The summed E-state index contributed by atoms with van der Waals surface area (Å²) in [4.78, 5) is 8.30. The largest absolute Gasteiger partial charge is 0.393 e. The number of nitrogens with one attached hydrogen (secondary N) is 2. The summed E-state index contributed by atoms with van der Waals surface area (Å²) >= 11 is 0. The smallest absolute Gasteiger partial charge is 0.224 e. The minimum Gasteiger partial charge on any atom is -0.393 e. The van der Waals surface area contributed by atoms with Crippen molar-refractivity contribution in [2.75, 3.05) is 24.2 Å². The van der Waals surface area contributed by atoms with Gasteiger partial charge in [0.15, 0.2) is 0 Å². The van der Waals surface area contributed by atoms with E-state index in [1.807, 2.05) is 6.07 Å². The maximum absolute atomic E-state index is 9.68. The summed E-state index contributed by atoms with van der Waals surface area (Å²) in [6.45, 7) is 0.779. The highest BCUT2D eigenvalue weighted by Gasteiger charge is 2.24. The maximum atomic E-state index is 9.68. The quantitative estimate of drug-likeness (QED) is 0.711. The Hall–Kier alpha value is -1.36. The van der Waals surface area contributed by atoms with Crippen LogP contribution >= 0.6 is 0 Å². The summed E-state index contributed by atoms with van der Waals surface area (Å²) in [6.07, 6.45) is 4.71. The van der Waals surface area contributed by atoms with Crippen molar-refractivity contribution in [1.82, 2.24) is 9.97 Å². The van der Waals surface area contributed by atoms with Gasteiger partial charge in [-0.1, -0.05) is 6.42 Å². The lowest BCUT2D eigenvalue weighted by atomic mass is 10.1. The highest BCUT2D eigenvalue weighted by Crippen LogP contribution is 2.25. The molecule has 5 heteroatoms. The Morgan fingerprint density at radius 1 is 1.50 bits per heavy atom. The van der Waals surface area contributed by atoms with E-state index in [4.69, 9.17) is 0 Å². The summed E-state index contributed by atoms with van der Waals surface area (Å²) in [5, 5.41) is 15.8. The predicted molar refractivity (Wildman–Crippen MR) is 63.4 cm³/mol. The van der Waals surface area contributed by atoms with Crippen molar-refractivity contribution in [1.29, 1.82) is 0 Å². The molecule has 5 nitrogen and oxygen atoms in total. The van der Waals surface area contributed by atoms with E-state index < -0.39 is 0 Å². The lowest BCUT2D eigenvalue weighted by Crippen LogP contribution is -2.22. The van der Waals surface area contributed by atoms with Gasteiger partial charge in [-0.15, -0.1) is 0 Å². The first-order valence-corrected chi connectivity index (χ1v) is 5.72. The van der Waals surface area contributed by atoms with E-state index in [1.54, 1.807) is 13.2 Å². The number of aromatic nitrogens is 2. The highest BCUT2D eigenvalue weighted by atomic mass is 16.3. The third-order valence-electron chi connectivity index (χ3n) is 3.04. The minimum atomic E-state index is -0.155. The lowest BCUT2D eigenvalue weighted by Gasteiger charge is -2.15. The normalized spacial score (nSPS) is 24.4. The summed E-state index contributed by atoms with van der Waals surface area (Å²) < 4.78 is 0. The topological polar surface area (TPSA) is 70.1 Å². The molecule has 0 amide bonds. The maximum Gasteiger partial charge on any atom is 0.224 e. The van der Waals surface area contributed by atoms with Crippen molar-refractivity contribution in [3.8, 4) is 0 Å². The first-order valence-electron chi connectivity index (χ1n) is 5.72. The van der Waals surface area contributed by atoms with Gasteiger partial charge in [0.25, 0.3) is 0 Å². The Bertz CT molecular complexity index is 345. The highest BCUT2D eigenvalue weighted by molar-refractivity contribution is 5.39. The zero-order valence-electron chi connectivity index (χ0n) is 9.48. The molecular weight excluding hydrogens is 204 g/mol. The number of nitrogens with zero attached hydrogens (tertiary/aromatic N) is 2.